The summed E-state index contributed by atoms with van der Waals surface area (Å²) in [5.74, 6) is 1.48. The van der Waals surface area contributed by atoms with E-state index in [4.69, 9.17) is 18.9 Å². The third kappa shape index (κ3) is 5.32. The SMILES string of the molecule is CCOc1cc2c(cc1OC)CCN(C(=O)N1CCOCC1)C2CCc1c[nH]c2ccc(N3CCOCC3)cc12. The van der Waals surface area contributed by atoms with Crippen molar-refractivity contribution in [1.29, 1.82) is 0 Å². The number of nitrogens with zero attached hydrogens (tertiary/aromatic N) is 3. The zero-order valence-electron chi connectivity index (χ0n) is 23.6. The van der Waals surface area contributed by atoms with Crippen LogP contribution in [0.3, 0.4) is 0 Å². The van der Waals surface area contributed by atoms with Crippen LogP contribution < -0.4 is 14.4 Å². The van der Waals surface area contributed by atoms with Crippen LogP contribution in [0, 0.1) is 0 Å². The van der Waals surface area contributed by atoms with E-state index in [1.54, 1.807) is 7.11 Å². The fourth-order valence-electron chi connectivity index (χ4n) is 6.30. The first-order valence-electron chi connectivity index (χ1n) is 14.6. The summed E-state index contributed by atoms with van der Waals surface area (Å²) >= 11 is 0. The second kappa shape index (κ2) is 12.0. The van der Waals surface area contributed by atoms with E-state index in [2.05, 4.69) is 51.3 Å². The van der Waals surface area contributed by atoms with Crippen molar-refractivity contribution in [2.24, 2.45) is 0 Å². The highest BCUT2D eigenvalue weighted by Gasteiger charge is 2.35. The number of anilines is 1. The van der Waals surface area contributed by atoms with Crippen LogP contribution in [0.4, 0.5) is 10.5 Å². The van der Waals surface area contributed by atoms with Crippen LogP contribution in [0.2, 0.25) is 0 Å². The number of rotatable bonds is 7. The summed E-state index contributed by atoms with van der Waals surface area (Å²) in [6, 6.07) is 10.9. The molecule has 0 spiro atoms. The van der Waals surface area contributed by atoms with Gasteiger partial charge in [0.2, 0.25) is 0 Å². The maximum atomic E-state index is 13.8. The molecule has 2 aromatic carbocycles. The summed E-state index contributed by atoms with van der Waals surface area (Å²) in [4.78, 5) is 23.7. The van der Waals surface area contributed by atoms with E-state index in [9.17, 15) is 4.79 Å². The van der Waals surface area contributed by atoms with Gasteiger partial charge in [0.15, 0.2) is 11.5 Å². The third-order valence-corrected chi connectivity index (χ3v) is 8.42. The number of aromatic nitrogens is 1. The first-order valence-corrected chi connectivity index (χ1v) is 14.6. The van der Waals surface area contributed by atoms with Crippen molar-refractivity contribution in [3.8, 4) is 11.5 Å². The Hall–Kier alpha value is -3.43. The number of benzene rings is 2. The molecule has 0 aliphatic carbocycles. The highest BCUT2D eigenvalue weighted by molar-refractivity contribution is 5.86. The molecule has 1 N–H and O–H groups in total. The molecule has 1 aromatic heterocycles. The van der Waals surface area contributed by atoms with Crippen LogP contribution in [0.1, 0.15) is 36.1 Å². The molecule has 3 aliphatic heterocycles. The molecule has 214 valence electrons. The molecule has 2 amide bonds. The molecule has 9 heteroatoms. The Bertz CT molecular complexity index is 1330. The van der Waals surface area contributed by atoms with E-state index < -0.39 is 0 Å². The van der Waals surface area contributed by atoms with Crippen molar-refractivity contribution in [1.82, 2.24) is 14.8 Å². The van der Waals surface area contributed by atoms with E-state index in [1.807, 2.05) is 11.8 Å². The summed E-state index contributed by atoms with van der Waals surface area (Å²) in [5, 5.41) is 1.25. The van der Waals surface area contributed by atoms with Crippen molar-refractivity contribution in [3.05, 3.63) is 53.2 Å². The van der Waals surface area contributed by atoms with Crippen molar-refractivity contribution >= 4 is 22.6 Å². The molecule has 0 radical (unpaired) electrons. The predicted octanol–water partition coefficient (Wildman–Crippen LogP) is 4.40. The van der Waals surface area contributed by atoms with E-state index in [-0.39, 0.29) is 12.1 Å². The van der Waals surface area contributed by atoms with E-state index in [0.717, 1.165) is 68.1 Å². The van der Waals surface area contributed by atoms with Crippen LogP contribution in [0.25, 0.3) is 10.9 Å². The van der Waals surface area contributed by atoms with Gasteiger partial charge in [-0.1, -0.05) is 0 Å². The second-order valence-corrected chi connectivity index (χ2v) is 10.7. The molecule has 4 heterocycles. The number of hydrogen-bond acceptors (Lipinski definition) is 6. The van der Waals surface area contributed by atoms with Gasteiger partial charge in [0.05, 0.1) is 46.2 Å². The van der Waals surface area contributed by atoms with Crippen molar-refractivity contribution in [2.45, 2.75) is 32.2 Å². The Morgan fingerprint density at radius 2 is 1.77 bits per heavy atom. The number of carbonyl (C=O) groups is 1. The number of urea groups is 1. The number of fused-ring (bicyclic) bond motifs is 2. The first kappa shape index (κ1) is 26.8. The quantitative estimate of drug-likeness (QED) is 0.472. The number of ether oxygens (including phenoxy) is 4. The summed E-state index contributed by atoms with van der Waals surface area (Å²) in [7, 11) is 1.68. The van der Waals surface area contributed by atoms with Gasteiger partial charge < -0.3 is 38.6 Å². The minimum absolute atomic E-state index is 0.0587. The number of nitrogens with one attached hydrogen (secondary N) is 1. The van der Waals surface area contributed by atoms with E-state index in [1.165, 1.54) is 22.2 Å². The first-order chi connectivity index (χ1) is 19.7. The van der Waals surface area contributed by atoms with E-state index >= 15 is 0 Å². The van der Waals surface area contributed by atoms with Gasteiger partial charge in [-0.2, -0.15) is 0 Å². The van der Waals surface area contributed by atoms with Crippen LogP contribution in [-0.2, 0) is 22.3 Å². The molecule has 0 saturated carbocycles. The molecule has 40 heavy (non-hydrogen) atoms. The maximum Gasteiger partial charge on any atom is 0.320 e. The number of methoxy groups -OCH3 is 1. The normalized spacial score (nSPS) is 19.6. The number of morpholine rings is 2. The number of hydrogen-bond donors (Lipinski definition) is 1. The lowest BCUT2D eigenvalue weighted by molar-refractivity contribution is 0.0376. The van der Waals surface area contributed by atoms with Gasteiger partial charge in [-0.3, -0.25) is 0 Å². The third-order valence-electron chi connectivity index (χ3n) is 8.42. The molecule has 3 aliphatic rings. The van der Waals surface area contributed by atoms with Crippen LogP contribution in [-0.4, -0.2) is 93.7 Å². The summed E-state index contributed by atoms with van der Waals surface area (Å²) in [6.07, 6.45) is 4.58. The Kier molecular flexibility index (Phi) is 8.02. The minimum Gasteiger partial charge on any atom is -0.493 e. The fourth-order valence-corrected chi connectivity index (χ4v) is 6.30. The lowest BCUT2D eigenvalue weighted by atomic mass is 9.88. The number of carbonyl (C=O) groups excluding carboxylic acids is 1. The number of aromatic amines is 1. The van der Waals surface area contributed by atoms with Gasteiger partial charge in [-0.15, -0.1) is 0 Å². The Labute approximate surface area is 235 Å². The average molecular weight is 549 g/mol. The summed E-state index contributed by atoms with van der Waals surface area (Å²) in [6.45, 7) is 9.01. The average Bonchev–Trinajstić information content (AvgIpc) is 3.42. The van der Waals surface area contributed by atoms with Gasteiger partial charge >= 0.3 is 6.03 Å². The predicted molar refractivity (Wildman–Crippen MR) is 155 cm³/mol. The standard InChI is InChI=1S/C31H40N4O5/c1-3-40-30-20-26-22(18-29(30)37-2)8-9-35(31(36)34-12-16-39-17-13-34)28(26)7-4-23-21-32-27-6-5-24(19-25(23)27)33-10-14-38-15-11-33/h5-6,18-21,28,32H,3-4,7-17H2,1-2H3. The van der Waals surface area contributed by atoms with Crippen molar-refractivity contribution in [3.63, 3.8) is 0 Å². The Balaban J connectivity index is 1.31. The molecule has 2 saturated heterocycles. The van der Waals surface area contributed by atoms with Crippen LogP contribution in [0.15, 0.2) is 36.5 Å². The zero-order chi connectivity index (χ0) is 27.5. The largest absolute Gasteiger partial charge is 0.493 e. The highest BCUT2D eigenvalue weighted by Crippen LogP contribution is 2.41. The fraction of sp³-hybridized carbons (Fsp3) is 0.516. The van der Waals surface area contributed by atoms with Crippen LogP contribution >= 0.6 is 0 Å². The van der Waals surface area contributed by atoms with Crippen LogP contribution in [0.5, 0.6) is 11.5 Å². The highest BCUT2D eigenvalue weighted by atomic mass is 16.5. The molecule has 2 fully saturated rings. The molecular weight excluding hydrogens is 508 g/mol. The van der Waals surface area contributed by atoms with Gasteiger partial charge in [0, 0.05) is 55.5 Å². The Morgan fingerprint density at radius 1 is 1.00 bits per heavy atom. The zero-order valence-corrected chi connectivity index (χ0v) is 23.6. The smallest absolute Gasteiger partial charge is 0.320 e. The van der Waals surface area contributed by atoms with Gasteiger partial charge in [0.25, 0.3) is 0 Å². The number of aryl methyl sites for hydroxylation is 1. The topological polar surface area (TPSA) is 79.5 Å². The van der Waals surface area contributed by atoms with Gasteiger partial charge in [-0.25, -0.2) is 4.79 Å². The molecule has 3 aromatic rings. The molecule has 6 rings (SSSR count). The molecule has 1 unspecified atom stereocenters. The van der Waals surface area contributed by atoms with Gasteiger partial charge in [0.1, 0.15) is 0 Å². The lowest BCUT2D eigenvalue weighted by Gasteiger charge is -2.41. The molecular formula is C31H40N4O5. The second-order valence-electron chi connectivity index (χ2n) is 10.7. The molecule has 0 bridgehead atoms. The molecule has 1 atom stereocenters. The summed E-state index contributed by atoms with van der Waals surface area (Å²) in [5.41, 5.74) is 6.03. The van der Waals surface area contributed by atoms with Crippen molar-refractivity contribution < 1.29 is 23.7 Å². The van der Waals surface area contributed by atoms with Crippen molar-refractivity contribution in [2.75, 3.05) is 77.8 Å². The lowest BCUT2D eigenvalue weighted by Crippen LogP contribution is -2.51. The van der Waals surface area contributed by atoms with E-state index in [0.29, 0.717) is 39.5 Å². The maximum absolute atomic E-state index is 13.8. The minimum atomic E-state index is -0.0587. The molecule has 9 nitrogen and oxygen atoms in total. The summed E-state index contributed by atoms with van der Waals surface area (Å²) < 4.78 is 22.7. The number of amides is 2. The number of H-pyrrole nitrogens is 1. The Morgan fingerprint density at radius 3 is 2.52 bits per heavy atom. The monoisotopic (exact) mass is 548 g/mol. The van der Waals surface area contributed by atoms with Gasteiger partial charge in [-0.05, 0) is 73.2 Å².